The number of ether oxygens (including phenoxy) is 1. The zero-order valence-corrected chi connectivity index (χ0v) is 8.54. The van der Waals surface area contributed by atoms with Gasteiger partial charge >= 0.3 is 5.97 Å². The van der Waals surface area contributed by atoms with E-state index in [1.54, 1.807) is 0 Å². The molecule has 6 atom stereocenters. The van der Waals surface area contributed by atoms with E-state index in [1.807, 2.05) is 6.92 Å². The number of hydrogen-bond acceptors (Lipinski definition) is 3. The van der Waals surface area contributed by atoms with E-state index in [9.17, 15) is 4.79 Å². The van der Waals surface area contributed by atoms with E-state index in [0.29, 0.717) is 23.0 Å². The minimum atomic E-state index is 0.0451. The second kappa shape index (κ2) is 2.44. The number of carbonyl (C=O) groups excluding carboxylic acids is 1. The summed E-state index contributed by atoms with van der Waals surface area (Å²) in [5.74, 6) is 1.97. The largest absolute Gasteiger partial charge is 0.462 e. The zero-order chi connectivity index (χ0) is 9.16. The SMILES string of the molecule is CC1OC(=O)C2C3CC(CC3S)C12. The summed E-state index contributed by atoms with van der Waals surface area (Å²) in [6.07, 6.45) is 2.56. The van der Waals surface area contributed by atoms with Crippen LogP contribution in [0.2, 0.25) is 0 Å². The van der Waals surface area contributed by atoms with Crippen molar-refractivity contribution in [1.29, 1.82) is 0 Å². The van der Waals surface area contributed by atoms with Gasteiger partial charge in [0.05, 0.1) is 5.92 Å². The van der Waals surface area contributed by atoms with E-state index in [0.717, 1.165) is 0 Å². The Labute approximate surface area is 83.4 Å². The molecule has 13 heavy (non-hydrogen) atoms. The van der Waals surface area contributed by atoms with E-state index in [2.05, 4.69) is 12.6 Å². The lowest BCUT2D eigenvalue weighted by atomic mass is 9.78. The van der Waals surface area contributed by atoms with Crippen molar-refractivity contribution >= 4 is 18.6 Å². The molecule has 3 heteroatoms. The lowest BCUT2D eigenvalue weighted by molar-refractivity contribution is -0.144. The van der Waals surface area contributed by atoms with Gasteiger partial charge in [-0.1, -0.05) is 0 Å². The number of thiol groups is 1. The minimum Gasteiger partial charge on any atom is -0.462 e. The van der Waals surface area contributed by atoms with Crippen LogP contribution in [0.15, 0.2) is 0 Å². The molecular formula is C10H14O2S. The standard InChI is InChI=1S/C10H14O2S/c1-4-8-5-2-6(7(13)3-5)9(8)10(11)12-4/h4-9,13H,2-3H2,1H3. The zero-order valence-electron chi connectivity index (χ0n) is 7.64. The van der Waals surface area contributed by atoms with Gasteiger partial charge in [0.15, 0.2) is 0 Å². The van der Waals surface area contributed by atoms with E-state index in [4.69, 9.17) is 4.74 Å². The van der Waals surface area contributed by atoms with Crippen LogP contribution >= 0.6 is 12.6 Å². The third-order valence-corrected chi connectivity index (χ3v) is 4.74. The lowest BCUT2D eigenvalue weighted by Gasteiger charge is -2.26. The van der Waals surface area contributed by atoms with Gasteiger partial charge in [0.1, 0.15) is 6.10 Å². The fraction of sp³-hybridized carbons (Fsp3) is 0.900. The first-order valence-electron chi connectivity index (χ1n) is 5.07. The van der Waals surface area contributed by atoms with E-state index in [1.165, 1.54) is 12.8 Å². The molecule has 2 saturated carbocycles. The highest BCUT2D eigenvalue weighted by Gasteiger charge is 2.60. The molecule has 0 N–H and O–H groups in total. The Morgan fingerprint density at radius 3 is 3.00 bits per heavy atom. The van der Waals surface area contributed by atoms with Gasteiger partial charge in [-0.05, 0) is 31.6 Å². The molecule has 1 saturated heterocycles. The normalized spacial score (nSPS) is 58.2. The fourth-order valence-corrected chi connectivity index (χ4v) is 4.29. The molecule has 0 spiro atoms. The van der Waals surface area contributed by atoms with Crippen LogP contribution in [0, 0.1) is 23.7 Å². The van der Waals surface area contributed by atoms with Crippen LogP contribution in [-0.2, 0) is 9.53 Å². The van der Waals surface area contributed by atoms with Gasteiger partial charge < -0.3 is 4.74 Å². The average Bonchev–Trinajstić information content (AvgIpc) is 2.64. The van der Waals surface area contributed by atoms with Crippen LogP contribution in [0.5, 0.6) is 0 Å². The summed E-state index contributed by atoms with van der Waals surface area (Å²) < 4.78 is 5.28. The van der Waals surface area contributed by atoms with Crippen LogP contribution < -0.4 is 0 Å². The molecule has 1 aliphatic heterocycles. The number of hydrogen-bond donors (Lipinski definition) is 1. The van der Waals surface area contributed by atoms with Crippen molar-refractivity contribution in [3.8, 4) is 0 Å². The van der Waals surface area contributed by atoms with Crippen LogP contribution in [0.25, 0.3) is 0 Å². The summed E-state index contributed by atoms with van der Waals surface area (Å²) in [5.41, 5.74) is 0. The van der Waals surface area contributed by atoms with Crippen molar-refractivity contribution in [2.75, 3.05) is 0 Å². The fourth-order valence-electron chi connectivity index (χ4n) is 3.71. The highest BCUT2D eigenvalue weighted by Crippen LogP contribution is 2.58. The van der Waals surface area contributed by atoms with Gasteiger partial charge in [0.25, 0.3) is 0 Å². The molecule has 0 aromatic rings. The summed E-state index contributed by atoms with van der Waals surface area (Å²) in [7, 11) is 0. The van der Waals surface area contributed by atoms with E-state index in [-0.39, 0.29) is 18.0 Å². The van der Waals surface area contributed by atoms with Crippen molar-refractivity contribution in [2.45, 2.75) is 31.1 Å². The molecule has 2 aliphatic carbocycles. The molecule has 1 heterocycles. The predicted molar refractivity (Wildman–Crippen MR) is 51.5 cm³/mol. The van der Waals surface area contributed by atoms with Crippen LogP contribution in [0.1, 0.15) is 19.8 Å². The molecule has 3 aliphatic rings. The maximum absolute atomic E-state index is 11.5. The maximum Gasteiger partial charge on any atom is 0.309 e. The lowest BCUT2D eigenvalue weighted by Crippen LogP contribution is -2.31. The quantitative estimate of drug-likeness (QED) is 0.471. The molecule has 2 nitrogen and oxygen atoms in total. The van der Waals surface area contributed by atoms with Gasteiger partial charge in [-0.15, -0.1) is 0 Å². The number of fused-ring (bicyclic) bond motifs is 5. The number of rotatable bonds is 0. The molecular weight excluding hydrogens is 184 g/mol. The van der Waals surface area contributed by atoms with Gasteiger partial charge in [-0.25, -0.2) is 0 Å². The van der Waals surface area contributed by atoms with Crippen molar-refractivity contribution in [3.05, 3.63) is 0 Å². The first-order valence-corrected chi connectivity index (χ1v) is 5.58. The highest BCUT2D eigenvalue weighted by atomic mass is 32.1. The van der Waals surface area contributed by atoms with Crippen molar-refractivity contribution in [2.24, 2.45) is 23.7 Å². The van der Waals surface area contributed by atoms with Gasteiger partial charge in [-0.2, -0.15) is 12.6 Å². The second-order valence-corrected chi connectivity index (χ2v) is 5.37. The molecule has 2 bridgehead atoms. The summed E-state index contributed by atoms with van der Waals surface area (Å²) in [6.45, 7) is 2.04. The first-order chi connectivity index (χ1) is 6.18. The summed E-state index contributed by atoms with van der Waals surface area (Å²) >= 11 is 4.54. The number of esters is 1. The molecule has 6 unspecified atom stereocenters. The van der Waals surface area contributed by atoms with Gasteiger partial charge in [0.2, 0.25) is 0 Å². The molecule has 72 valence electrons. The van der Waals surface area contributed by atoms with Crippen molar-refractivity contribution in [3.63, 3.8) is 0 Å². The third kappa shape index (κ3) is 0.888. The highest BCUT2D eigenvalue weighted by molar-refractivity contribution is 7.81. The molecule has 0 aromatic heterocycles. The van der Waals surface area contributed by atoms with Crippen molar-refractivity contribution in [1.82, 2.24) is 0 Å². The Hall–Kier alpha value is -0.180. The Bertz CT molecular complexity index is 266. The van der Waals surface area contributed by atoms with Crippen molar-refractivity contribution < 1.29 is 9.53 Å². The Kier molecular flexibility index (Phi) is 1.53. The molecule has 0 amide bonds. The monoisotopic (exact) mass is 198 g/mol. The van der Waals surface area contributed by atoms with Gasteiger partial charge in [-0.3, -0.25) is 4.79 Å². The Morgan fingerprint density at radius 1 is 1.46 bits per heavy atom. The van der Waals surface area contributed by atoms with Gasteiger partial charge in [0, 0.05) is 11.2 Å². The average molecular weight is 198 g/mol. The third-order valence-electron chi connectivity index (χ3n) is 4.15. The first kappa shape index (κ1) is 8.16. The van der Waals surface area contributed by atoms with E-state index < -0.39 is 0 Å². The topological polar surface area (TPSA) is 26.3 Å². The van der Waals surface area contributed by atoms with Crippen LogP contribution in [0.4, 0.5) is 0 Å². The molecule has 3 fully saturated rings. The summed E-state index contributed by atoms with van der Waals surface area (Å²) in [5, 5.41) is 0.448. The smallest absolute Gasteiger partial charge is 0.309 e. The predicted octanol–water partition coefficient (Wildman–Crippen LogP) is 1.50. The Balaban J connectivity index is 1.96. The van der Waals surface area contributed by atoms with Crippen LogP contribution in [0.3, 0.4) is 0 Å². The maximum atomic E-state index is 11.5. The minimum absolute atomic E-state index is 0.0451. The number of carbonyl (C=O) groups is 1. The molecule has 0 aromatic carbocycles. The van der Waals surface area contributed by atoms with Crippen LogP contribution in [-0.4, -0.2) is 17.3 Å². The molecule has 0 radical (unpaired) electrons. The second-order valence-electron chi connectivity index (χ2n) is 4.71. The summed E-state index contributed by atoms with van der Waals surface area (Å²) in [6, 6.07) is 0. The van der Waals surface area contributed by atoms with E-state index >= 15 is 0 Å². The molecule has 3 rings (SSSR count). The number of cyclic esters (lactones) is 1. The Morgan fingerprint density at radius 2 is 2.23 bits per heavy atom. The summed E-state index contributed by atoms with van der Waals surface area (Å²) in [4.78, 5) is 11.5.